The second kappa shape index (κ2) is 7.22. The summed E-state index contributed by atoms with van der Waals surface area (Å²) in [5.74, 6) is 0.140. The molecule has 1 heterocycles. The summed E-state index contributed by atoms with van der Waals surface area (Å²) < 4.78 is 5.66. The normalized spacial score (nSPS) is 10.1. The Morgan fingerprint density at radius 3 is 2.48 bits per heavy atom. The molecule has 3 aromatic rings. The fraction of sp³-hybridized carbons (Fsp3) is 0. The summed E-state index contributed by atoms with van der Waals surface area (Å²) in [6, 6.07) is 17.9. The number of nitrogens with one attached hydrogen (secondary N) is 1. The first kappa shape index (κ1) is 16.1. The van der Waals surface area contributed by atoms with Crippen molar-refractivity contribution >= 4 is 17.3 Å². The number of hydrogen-bond acceptors (Lipinski definition) is 5. The average molecular weight is 335 g/mol. The first-order chi connectivity index (χ1) is 12.1. The summed E-state index contributed by atoms with van der Waals surface area (Å²) in [5, 5.41) is 13.7. The van der Waals surface area contributed by atoms with Gasteiger partial charge in [-0.1, -0.05) is 30.3 Å². The Bertz CT molecular complexity index is 913. The Kier molecular flexibility index (Phi) is 4.66. The van der Waals surface area contributed by atoms with Crippen LogP contribution in [0.5, 0.6) is 11.6 Å². The first-order valence-corrected chi connectivity index (χ1v) is 7.38. The van der Waals surface area contributed by atoms with E-state index in [0.717, 1.165) is 0 Å². The van der Waals surface area contributed by atoms with Crippen LogP contribution in [0.2, 0.25) is 0 Å². The molecule has 0 spiro atoms. The van der Waals surface area contributed by atoms with Gasteiger partial charge in [-0.15, -0.1) is 0 Å². The van der Waals surface area contributed by atoms with E-state index in [1.165, 1.54) is 24.4 Å². The highest BCUT2D eigenvalue weighted by atomic mass is 16.6. The van der Waals surface area contributed by atoms with E-state index in [1.807, 2.05) is 18.2 Å². The van der Waals surface area contributed by atoms with Gasteiger partial charge in [0.25, 0.3) is 11.6 Å². The van der Waals surface area contributed by atoms with Gasteiger partial charge in [-0.3, -0.25) is 14.9 Å². The summed E-state index contributed by atoms with van der Waals surface area (Å²) >= 11 is 0. The number of nitro groups is 1. The van der Waals surface area contributed by atoms with Crippen LogP contribution in [0, 0.1) is 10.1 Å². The summed E-state index contributed by atoms with van der Waals surface area (Å²) in [5.41, 5.74) is 0.00550. The number of aromatic nitrogens is 1. The SMILES string of the molecule is O=C(Nc1cccnc1Oc1ccccc1)c1ccccc1[N+](=O)[O-]. The molecule has 25 heavy (non-hydrogen) atoms. The molecule has 0 radical (unpaired) electrons. The Morgan fingerprint density at radius 1 is 1.00 bits per heavy atom. The molecule has 0 aliphatic heterocycles. The zero-order valence-corrected chi connectivity index (χ0v) is 13.0. The molecule has 0 aliphatic carbocycles. The number of carbonyl (C=O) groups excluding carboxylic acids is 1. The minimum absolute atomic E-state index is 0.0398. The fourth-order valence-electron chi connectivity index (χ4n) is 2.18. The van der Waals surface area contributed by atoms with Crippen molar-refractivity contribution in [3.8, 4) is 11.6 Å². The number of nitro benzene ring substituents is 1. The van der Waals surface area contributed by atoms with E-state index in [9.17, 15) is 14.9 Å². The number of benzene rings is 2. The predicted molar refractivity (Wildman–Crippen MR) is 91.8 cm³/mol. The summed E-state index contributed by atoms with van der Waals surface area (Å²) in [6.45, 7) is 0. The van der Waals surface area contributed by atoms with E-state index < -0.39 is 10.8 Å². The number of pyridine rings is 1. The number of rotatable bonds is 5. The zero-order chi connectivity index (χ0) is 17.6. The summed E-state index contributed by atoms with van der Waals surface area (Å²) in [7, 11) is 0. The van der Waals surface area contributed by atoms with Crippen LogP contribution < -0.4 is 10.1 Å². The third kappa shape index (κ3) is 3.78. The summed E-state index contributed by atoms with van der Waals surface area (Å²) in [4.78, 5) is 27.0. The van der Waals surface area contributed by atoms with Gasteiger partial charge in [-0.2, -0.15) is 0 Å². The van der Waals surface area contributed by atoms with Crippen molar-refractivity contribution in [2.24, 2.45) is 0 Å². The van der Waals surface area contributed by atoms with Gasteiger partial charge in [0.15, 0.2) is 0 Å². The Morgan fingerprint density at radius 2 is 1.72 bits per heavy atom. The molecule has 0 saturated carbocycles. The van der Waals surface area contributed by atoms with E-state index in [4.69, 9.17) is 4.74 Å². The molecular weight excluding hydrogens is 322 g/mol. The van der Waals surface area contributed by atoms with Gasteiger partial charge in [0.05, 0.1) is 4.92 Å². The van der Waals surface area contributed by atoms with Crippen molar-refractivity contribution in [2.75, 3.05) is 5.32 Å². The molecule has 3 rings (SSSR count). The molecule has 1 aromatic heterocycles. The van der Waals surface area contributed by atoms with Crippen LogP contribution >= 0.6 is 0 Å². The molecule has 7 nitrogen and oxygen atoms in total. The minimum atomic E-state index is -0.613. The fourth-order valence-corrected chi connectivity index (χ4v) is 2.18. The van der Waals surface area contributed by atoms with E-state index in [-0.39, 0.29) is 17.1 Å². The predicted octanol–water partition coefficient (Wildman–Crippen LogP) is 4.03. The van der Waals surface area contributed by atoms with Crippen molar-refractivity contribution in [2.45, 2.75) is 0 Å². The molecule has 0 unspecified atom stereocenters. The maximum Gasteiger partial charge on any atom is 0.282 e. The molecule has 0 bridgehead atoms. The molecule has 1 N–H and O–H groups in total. The molecular formula is C18H13N3O4. The third-order valence-corrected chi connectivity index (χ3v) is 3.32. The summed E-state index contributed by atoms with van der Waals surface area (Å²) in [6.07, 6.45) is 1.53. The van der Waals surface area contributed by atoms with E-state index in [1.54, 1.807) is 30.3 Å². The smallest absolute Gasteiger partial charge is 0.282 e. The lowest BCUT2D eigenvalue weighted by Gasteiger charge is -2.11. The van der Waals surface area contributed by atoms with Gasteiger partial charge in [0.1, 0.15) is 17.0 Å². The van der Waals surface area contributed by atoms with Crippen LogP contribution in [0.4, 0.5) is 11.4 Å². The number of para-hydroxylation sites is 2. The van der Waals surface area contributed by atoms with E-state index in [0.29, 0.717) is 11.4 Å². The average Bonchev–Trinajstić information content (AvgIpc) is 2.64. The third-order valence-electron chi connectivity index (χ3n) is 3.32. The maximum atomic E-state index is 12.4. The minimum Gasteiger partial charge on any atom is -0.437 e. The van der Waals surface area contributed by atoms with Gasteiger partial charge in [0.2, 0.25) is 5.88 Å². The van der Waals surface area contributed by atoms with Gasteiger partial charge in [-0.25, -0.2) is 4.98 Å². The first-order valence-electron chi connectivity index (χ1n) is 7.38. The highest BCUT2D eigenvalue weighted by molar-refractivity contribution is 6.07. The molecule has 0 saturated heterocycles. The van der Waals surface area contributed by atoms with Gasteiger partial charge in [0, 0.05) is 12.3 Å². The number of amides is 1. The van der Waals surface area contributed by atoms with Crippen LogP contribution in [0.25, 0.3) is 0 Å². The Balaban J connectivity index is 1.86. The van der Waals surface area contributed by atoms with E-state index in [2.05, 4.69) is 10.3 Å². The number of nitrogens with zero attached hydrogens (tertiary/aromatic N) is 2. The van der Waals surface area contributed by atoms with Gasteiger partial charge in [-0.05, 0) is 30.3 Å². The topological polar surface area (TPSA) is 94.4 Å². The largest absolute Gasteiger partial charge is 0.437 e. The Hall–Kier alpha value is -3.74. The van der Waals surface area contributed by atoms with Gasteiger partial charge >= 0.3 is 0 Å². The second-order valence-electron chi connectivity index (χ2n) is 5.00. The van der Waals surface area contributed by atoms with Crippen LogP contribution in [0.15, 0.2) is 72.9 Å². The van der Waals surface area contributed by atoms with Crippen LogP contribution in [-0.4, -0.2) is 15.8 Å². The lowest BCUT2D eigenvalue weighted by molar-refractivity contribution is -0.385. The van der Waals surface area contributed by atoms with E-state index >= 15 is 0 Å². The van der Waals surface area contributed by atoms with Gasteiger partial charge < -0.3 is 10.1 Å². The molecule has 0 atom stereocenters. The number of carbonyl (C=O) groups is 1. The van der Waals surface area contributed by atoms with Crippen LogP contribution in [0.1, 0.15) is 10.4 Å². The number of hydrogen-bond donors (Lipinski definition) is 1. The zero-order valence-electron chi connectivity index (χ0n) is 13.0. The number of anilines is 1. The molecule has 1 amide bonds. The monoisotopic (exact) mass is 335 g/mol. The highest BCUT2D eigenvalue weighted by Gasteiger charge is 2.20. The van der Waals surface area contributed by atoms with Crippen molar-refractivity contribution in [1.82, 2.24) is 4.98 Å². The maximum absolute atomic E-state index is 12.4. The van der Waals surface area contributed by atoms with Crippen molar-refractivity contribution in [3.05, 3.63) is 88.6 Å². The van der Waals surface area contributed by atoms with Crippen LogP contribution in [-0.2, 0) is 0 Å². The Labute approximate surface area is 143 Å². The molecule has 7 heteroatoms. The standard InChI is InChI=1S/C18H13N3O4/c22-17(14-9-4-5-11-16(14)21(23)24)20-15-10-6-12-19-18(15)25-13-7-2-1-3-8-13/h1-12H,(H,20,22). The molecule has 2 aromatic carbocycles. The van der Waals surface area contributed by atoms with Crippen LogP contribution in [0.3, 0.4) is 0 Å². The lowest BCUT2D eigenvalue weighted by Crippen LogP contribution is -2.14. The van der Waals surface area contributed by atoms with Crippen molar-refractivity contribution in [1.29, 1.82) is 0 Å². The van der Waals surface area contributed by atoms with Crippen molar-refractivity contribution in [3.63, 3.8) is 0 Å². The number of ether oxygens (including phenoxy) is 1. The second-order valence-corrected chi connectivity index (χ2v) is 5.00. The molecule has 0 fully saturated rings. The van der Waals surface area contributed by atoms with Crippen molar-refractivity contribution < 1.29 is 14.5 Å². The highest BCUT2D eigenvalue weighted by Crippen LogP contribution is 2.28. The molecule has 0 aliphatic rings. The quantitative estimate of drug-likeness (QED) is 0.561. The molecule has 124 valence electrons. The lowest BCUT2D eigenvalue weighted by atomic mass is 10.1.